The minimum Gasteiger partial charge on any atom is -0.481 e. The number of aliphatic carboxylic acids is 1. The molecule has 1 unspecified atom stereocenters. The van der Waals surface area contributed by atoms with Gasteiger partial charge >= 0.3 is 5.97 Å². The molecule has 0 saturated carbocycles. The van der Waals surface area contributed by atoms with Gasteiger partial charge in [0.05, 0.1) is 20.6 Å². The van der Waals surface area contributed by atoms with Crippen LogP contribution in [0, 0.1) is 0 Å². The van der Waals surface area contributed by atoms with Gasteiger partial charge in [0.1, 0.15) is 12.6 Å². The van der Waals surface area contributed by atoms with Gasteiger partial charge in [-0.3, -0.25) is 4.79 Å². The van der Waals surface area contributed by atoms with Crippen LogP contribution >= 0.6 is 0 Å². The Hall–Kier alpha value is -0.610. The predicted molar refractivity (Wildman–Crippen MR) is 161 cm³/mol. The lowest BCUT2D eigenvalue weighted by molar-refractivity contribution is -0.893. The van der Waals surface area contributed by atoms with Crippen LogP contribution in [0.25, 0.3) is 0 Å². The highest BCUT2D eigenvalue weighted by Gasteiger charge is 2.19. The van der Waals surface area contributed by atoms with E-state index in [0.717, 1.165) is 43.3 Å². The Bertz CT molecular complexity index is 480. The number of quaternary nitrogens is 1. The summed E-state index contributed by atoms with van der Waals surface area (Å²) < 4.78 is 0.915. The average Bonchev–Trinajstić information content (AvgIpc) is 2.84. The minimum atomic E-state index is -0.674. The largest absolute Gasteiger partial charge is 0.481 e. The van der Waals surface area contributed by atoms with Gasteiger partial charge in [-0.15, -0.1) is 0 Å². The summed E-state index contributed by atoms with van der Waals surface area (Å²) in [5, 5.41) is 19.2. The molecule has 4 nitrogen and oxygen atoms in total. The van der Waals surface area contributed by atoms with E-state index in [-0.39, 0.29) is 6.10 Å². The Kier molecular flexibility index (Phi) is 26.5. The number of carbonyl (C=O) groups is 1. The molecule has 222 valence electrons. The Balaban J connectivity index is 3.40. The molecule has 0 aliphatic carbocycles. The molecule has 0 bridgehead atoms. The zero-order chi connectivity index (χ0) is 27.5. The normalized spacial score (nSPS) is 12.8. The molecular formula is C33H68NO3+. The molecular weight excluding hydrogens is 458 g/mol. The van der Waals surface area contributed by atoms with Crippen LogP contribution in [0.1, 0.15) is 174 Å². The number of aliphatic hydroxyl groups is 1. The Morgan fingerprint density at radius 3 is 1.32 bits per heavy atom. The number of nitrogens with zero attached hydrogens (tertiary/aromatic N) is 1. The van der Waals surface area contributed by atoms with Gasteiger partial charge in [-0.2, -0.15) is 0 Å². The second kappa shape index (κ2) is 27.0. The quantitative estimate of drug-likeness (QED) is 0.0723. The fourth-order valence-electron chi connectivity index (χ4n) is 5.56. The van der Waals surface area contributed by atoms with E-state index in [1.807, 2.05) is 0 Å². The van der Waals surface area contributed by atoms with Crippen LogP contribution in [0.2, 0.25) is 0 Å². The lowest BCUT2D eigenvalue weighted by atomic mass is 10.0. The summed E-state index contributed by atoms with van der Waals surface area (Å²) in [4.78, 5) is 10.5. The molecule has 0 aliphatic heterocycles. The Labute approximate surface area is 232 Å². The number of aliphatic hydroxyl groups excluding tert-OH is 1. The lowest BCUT2D eigenvalue weighted by Crippen LogP contribution is -2.45. The molecule has 0 saturated heterocycles. The van der Waals surface area contributed by atoms with Crippen LogP contribution in [0.4, 0.5) is 0 Å². The van der Waals surface area contributed by atoms with Gasteiger partial charge in [0, 0.05) is 6.42 Å². The fraction of sp³-hybridized carbons (Fsp3) is 0.970. The molecule has 0 fully saturated rings. The monoisotopic (exact) mass is 527 g/mol. The second-order valence-corrected chi connectivity index (χ2v) is 12.6. The van der Waals surface area contributed by atoms with Crippen LogP contribution in [0.15, 0.2) is 0 Å². The van der Waals surface area contributed by atoms with Gasteiger partial charge in [-0.05, 0) is 25.7 Å². The van der Waals surface area contributed by atoms with Gasteiger partial charge in [0.2, 0.25) is 0 Å². The SMILES string of the molecule is CCCCCCCCCCCCCCCCCCCC(O)C[N+](C)(C)CCCCCCCCCC(=O)O. The molecule has 1 atom stereocenters. The topological polar surface area (TPSA) is 57.5 Å². The van der Waals surface area contributed by atoms with Crippen molar-refractivity contribution in [1.82, 2.24) is 0 Å². The van der Waals surface area contributed by atoms with E-state index >= 15 is 0 Å². The molecule has 2 N–H and O–H groups in total. The first-order valence-electron chi connectivity index (χ1n) is 16.6. The van der Waals surface area contributed by atoms with Gasteiger partial charge in [-0.25, -0.2) is 0 Å². The summed E-state index contributed by atoms with van der Waals surface area (Å²) in [5.41, 5.74) is 0. The van der Waals surface area contributed by atoms with E-state index < -0.39 is 5.97 Å². The molecule has 0 radical (unpaired) electrons. The van der Waals surface area contributed by atoms with Crippen LogP contribution in [0.5, 0.6) is 0 Å². The first-order valence-corrected chi connectivity index (χ1v) is 16.6. The third kappa shape index (κ3) is 29.8. The van der Waals surface area contributed by atoms with Crippen LogP contribution in [-0.4, -0.2) is 54.0 Å². The molecule has 0 rings (SSSR count). The van der Waals surface area contributed by atoms with Crippen molar-refractivity contribution in [2.45, 2.75) is 180 Å². The number of likely N-dealkylation sites (N-methyl/N-ethyl adjacent to an activating group) is 1. The van der Waals surface area contributed by atoms with Crippen LogP contribution in [-0.2, 0) is 4.79 Å². The summed E-state index contributed by atoms with van der Waals surface area (Å²) in [6.07, 6.45) is 32.8. The summed E-state index contributed by atoms with van der Waals surface area (Å²) in [7, 11) is 4.51. The number of unbranched alkanes of at least 4 members (excludes halogenated alkanes) is 22. The van der Waals surface area contributed by atoms with E-state index in [9.17, 15) is 9.90 Å². The molecule has 0 heterocycles. The fourth-order valence-corrected chi connectivity index (χ4v) is 5.56. The van der Waals surface area contributed by atoms with E-state index in [1.165, 1.54) is 135 Å². The zero-order valence-corrected chi connectivity index (χ0v) is 25.6. The molecule has 0 amide bonds. The third-order valence-corrected chi connectivity index (χ3v) is 8.00. The highest BCUT2D eigenvalue weighted by molar-refractivity contribution is 5.66. The number of carboxylic acids is 1. The molecule has 0 aromatic rings. The third-order valence-electron chi connectivity index (χ3n) is 8.00. The van der Waals surface area contributed by atoms with Crippen LogP contribution in [0.3, 0.4) is 0 Å². The maximum Gasteiger partial charge on any atom is 0.303 e. The van der Waals surface area contributed by atoms with Crippen molar-refractivity contribution in [3.05, 3.63) is 0 Å². The summed E-state index contributed by atoms with van der Waals surface area (Å²) in [5.74, 6) is -0.674. The highest BCUT2D eigenvalue weighted by Crippen LogP contribution is 2.16. The zero-order valence-electron chi connectivity index (χ0n) is 25.6. The standard InChI is InChI=1S/C33H67NO3/c1-4-5-6-7-8-9-10-11-12-13-14-15-16-17-19-22-25-28-32(35)31-34(2,3)30-27-24-21-18-20-23-26-29-33(36)37/h32,35H,4-31H2,1-3H3/p+1. The Morgan fingerprint density at radius 1 is 0.568 bits per heavy atom. The smallest absolute Gasteiger partial charge is 0.303 e. The summed E-state index contributed by atoms with van der Waals surface area (Å²) in [6, 6.07) is 0. The number of carboxylic acid groups (broad SMARTS) is 1. The summed E-state index contributed by atoms with van der Waals surface area (Å²) >= 11 is 0. The maximum absolute atomic E-state index is 10.5. The molecule has 0 aromatic heterocycles. The van der Waals surface area contributed by atoms with E-state index in [4.69, 9.17) is 5.11 Å². The van der Waals surface area contributed by atoms with Crippen molar-refractivity contribution in [3.8, 4) is 0 Å². The molecule has 0 spiro atoms. The lowest BCUT2D eigenvalue weighted by Gasteiger charge is -2.32. The maximum atomic E-state index is 10.5. The molecule has 0 aliphatic rings. The number of hydrogen-bond acceptors (Lipinski definition) is 2. The minimum absolute atomic E-state index is 0.166. The first kappa shape index (κ1) is 36.4. The first-order chi connectivity index (χ1) is 17.9. The van der Waals surface area contributed by atoms with Crippen molar-refractivity contribution < 1.29 is 19.5 Å². The van der Waals surface area contributed by atoms with Crippen molar-refractivity contribution in [1.29, 1.82) is 0 Å². The van der Waals surface area contributed by atoms with Crippen molar-refractivity contribution in [2.24, 2.45) is 0 Å². The average molecular weight is 527 g/mol. The van der Waals surface area contributed by atoms with Gasteiger partial charge < -0.3 is 14.7 Å². The highest BCUT2D eigenvalue weighted by atomic mass is 16.4. The predicted octanol–water partition coefficient (Wildman–Crippen LogP) is 9.67. The van der Waals surface area contributed by atoms with Gasteiger partial charge in [0.15, 0.2) is 0 Å². The van der Waals surface area contributed by atoms with E-state index in [0.29, 0.717) is 6.42 Å². The molecule has 4 heteroatoms. The number of rotatable bonds is 30. The van der Waals surface area contributed by atoms with E-state index in [1.54, 1.807) is 0 Å². The Morgan fingerprint density at radius 2 is 0.919 bits per heavy atom. The van der Waals surface area contributed by atoms with E-state index in [2.05, 4.69) is 21.0 Å². The molecule has 37 heavy (non-hydrogen) atoms. The second-order valence-electron chi connectivity index (χ2n) is 12.6. The summed E-state index contributed by atoms with van der Waals surface area (Å²) in [6.45, 7) is 4.29. The van der Waals surface area contributed by atoms with Gasteiger partial charge in [0.25, 0.3) is 0 Å². The number of hydrogen-bond donors (Lipinski definition) is 2. The van der Waals surface area contributed by atoms with Gasteiger partial charge in [-0.1, -0.05) is 142 Å². The van der Waals surface area contributed by atoms with Crippen molar-refractivity contribution in [2.75, 3.05) is 27.2 Å². The van der Waals surface area contributed by atoms with Crippen molar-refractivity contribution >= 4 is 5.97 Å². The molecule has 0 aromatic carbocycles. The van der Waals surface area contributed by atoms with Crippen LogP contribution < -0.4 is 0 Å². The van der Waals surface area contributed by atoms with Crippen molar-refractivity contribution in [3.63, 3.8) is 0 Å².